The SMILES string of the molecule is CC(C)c1ccc(CC2(CN3CC4CC(C3)c3cccc(=O)n3C4)C(=O)N(C)C(=O)N(C)C2=O)cc1. The zero-order valence-corrected chi connectivity index (χ0v) is 21.4. The van der Waals surface area contributed by atoms with Crippen LogP contribution in [0.1, 0.15) is 48.9 Å². The Hall–Kier alpha value is -3.26. The molecule has 2 bridgehead atoms. The number of fused-ring (bicyclic) bond motifs is 4. The third kappa shape index (κ3) is 3.97. The second-order valence-electron chi connectivity index (χ2n) is 11.1. The number of urea groups is 1. The van der Waals surface area contributed by atoms with E-state index in [4.69, 9.17) is 0 Å². The van der Waals surface area contributed by atoms with Crippen molar-refractivity contribution in [1.82, 2.24) is 19.3 Å². The van der Waals surface area contributed by atoms with E-state index in [1.54, 1.807) is 12.1 Å². The van der Waals surface area contributed by atoms with Crippen LogP contribution >= 0.6 is 0 Å². The average Bonchev–Trinajstić information content (AvgIpc) is 2.86. The second-order valence-corrected chi connectivity index (χ2v) is 11.1. The summed E-state index contributed by atoms with van der Waals surface area (Å²) in [4.78, 5) is 56.9. The fraction of sp³-hybridized carbons (Fsp3) is 0.500. The molecule has 4 amide bonds. The van der Waals surface area contributed by atoms with E-state index in [1.165, 1.54) is 19.7 Å². The molecule has 2 fully saturated rings. The van der Waals surface area contributed by atoms with Crippen molar-refractivity contribution >= 4 is 17.8 Å². The summed E-state index contributed by atoms with van der Waals surface area (Å²) < 4.78 is 1.87. The largest absolute Gasteiger partial charge is 0.332 e. The standard InChI is InChI=1S/C28H34N4O4/c1-18(2)21-10-8-19(9-11-21)13-28(25(34)29(3)27(36)30(4)26(28)35)17-31-14-20-12-22(16-31)23-6-5-7-24(33)32(23)15-20/h5-11,18,20,22H,12-17H2,1-4H3. The third-order valence-corrected chi connectivity index (χ3v) is 8.20. The molecule has 8 nitrogen and oxygen atoms in total. The van der Waals surface area contributed by atoms with E-state index in [0.29, 0.717) is 25.6 Å². The number of piperidine rings is 1. The van der Waals surface area contributed by atoms with Gasteiger partial charge < -0.3 is 9.47 Å². The molecule has 0 N–H and O–H groups in total. The Morgan fingerprint density at radius 3 is 2.19 bits per heavy atom. The van der Waals surface area contributed by atoms with Crippen LogP contribution in [-0.2, 0) is 22.6 Å². The van der Waals surface area contributed by atoms with Crippen molar-refractivity contribution in [1.29, 1.82) is 0 Å². The number of rotatable bonds is 5. The Morgan fingerprint density at radius 2 is 1.56 bits per heavy atom. The normalized spacial score (nSPS) is 23.9. The van der Waals surface area contributed by atoms with Gasteiger partial charge in [-0.25, -0.2) is 4.79 Å². The molecular formula is C28H34N4O4. The Kier molecular flexibility index (Phi) is 6.11. The summed E-state index contributed by atoms with van der Waals surface area (Å²) in [5.41, 5.74) is 1.74. The maximum absolute atomic E-state index is 13.7. The molecule has 1 aromatic carbocycles. The van der Waals surface area contributed by atoms with Crippen LogP contribution in [0, 0.1) is 11.3 Å². The topological polar surface area (TPSA) is 82.9 Å². The minimum atomic E-state index is -1.39. The van der Waals surface area contributed by atoms with Gasteiger partial charge in [0.05, 0.1) is 0 Å². The monoisotopic (exact) mass is 490 g/mol. The smallest absolute Gasteiger partial charge is 0.312 e. The van der Waals surface area contributed by atoms with Gasteiger partial charge in [-0.1, -0.05) is 44.2 Å². The van der Waals surface area contributed by atoms with E-state index in [-0.39, 0.29) is 30.4 Å². The van der Waals surface area contributed by atoms with Crippen molar-refractivity contribution in [3.05, 3.63) is 69.6 Å². The van der Waals surface area contributed by atoms with Crippen molar-refractivity contribution in [2.45, 2.75) is 45.1 Å². The van der Waals surface area contributed by atoms with Gasteiger partial charge in [0.25, 0.3) is 5.56 Å². The van der Waals surface area contributed by atoms with Crippen molar-refractivity contribution in [3.8, 4) is 0 Å². The maximum Gasteiger partial charge on any atom is 0.332 e. The lowest BCUT2D eigenvalue weighted by Gasteiger charge is -2.48. The first kappa shape index (κ1) is 24.4. The van der Waals surface area contributed by atoms with Crippen molar-refractivity contribution in [2.75, 3.05) is 33.7 Å². The maximum atomic E-state index is 13.7. The molecule has 2 aromatic rings. The number of pyridine rings is 1. The molecule has 0 saturated carbocycles. The zero-order valence-electron chi connectivity index (χ0n) is 21.4. The minimum absolute atomic E-state index is 0.0244. The highest BCUT2D eigenvalue weighted by Gasteiger charge is 2.56. The predicted molar refractivity (Wildman–Crippen MR) is 136 cm³/mol. The Morgan fingerprint density at radius 1 is 0.889 bits per heavy atom. The number of benzene rings is 1. The third-order valence-electron chi connectivity index (χ3n) is 8.20. The van der Waals surface area contributed by atoms with Crippen LogP contribution in [0.5, 0.6) is 0 Å². The molecule has 3 aliphatic rings. The Bertz CT molecular complexity index is 1240. The number of hydrogen-bond donors (Lipinski definition) is 0. The molecule has 3 aliphatic heterocycles. The lowest BCUT2D eigenvalue weighted by Crippen LogP contribution is -2.67. The number of carbonyl (C=O) groups excluding carboxylic acids is 3. The van der Waals surface area contributed by atoms with Gasteiger partial charge in [0.2, 0.25) is 11.8 Å². The molecule has 36 heavy (non-hydrogen) atoms. The van der Waals surface area contributed by atoms with Crippen molar-refractivity contribution < 1.29 is 14.4 Å². The van der Waals surface area contributed by atoms with Crippen LogP contribution in [0.4, 0.5) is 4.79 Å². The summed E-state index contributed by atoms with van der Waals surface area (Å²) in [6, 6.07) is 12.9. The van der Waals surface area contributed by atoms with Gasteiger partial charge in [-0.05, 0) is 41.9 Å². The first-order valence-corrected chi connectivity index (χ1v) is 12.7. The predicted octanol–water partition coefficient (Wildman–Crippen LogP) is 2.67. The van der Waals surface area contributed by atoms with Gasteiger partial charge in [-0.3, -0.25) is 24.2 Å². The van der Waals surface area contributed by atoms with Gasteiger partial charge in [0.15, 0.2) is 0 Å². The summed E-state index contributed by atoms with van der Waals surface area (Å²) in [7, 11) is 2.91. The number of barbiturate groups is 1. The molecule has 2 unspecified atom stereocenters. The molecule has 2 atom stereocenters. The van der Waals surface area contributed by atoms with E-state index in [1.807, 2.05) is 34.9 Å². The quantitative estimate of drug-likeness (QED) is 0.602. The number of aromatic nitrogens is 1. The number of hydrogen-bond acceptors (Lipinski definition) is 5. The highest BCUT2D eigenvalue weighted by Crippen LogP contribution is 2.39. The molecule has 5 rings (SSSR count). The van der Waals surface area contributed by atoms with E-state index in [9.17, 15) is 19.2 Å². The molecule has 190 valence electrons. The number of carbonyl (C=O) groups is 3. The van der Waals surface area contributed by atoms with Crippen LogP contribution in [-0.4, -0.2) is 70.8 Å². The first-order valence-electron chi connectivity index (χ1n) is 12.7. The van der Waals surface area contributed by atoms with Gasteiger partial charge in [0.1, 0.15) is 5.41 Å². The summed E-state index contributed by atoms with van der Waals surface area (Å²) in [6.07, 6.45) is 1.22. The fourth-order valence-electron chi connectivity index (χ4n) is 6.35. The highest BCUT2D eigenvalue weighted by molar-refractivity contribution is 6.19. The van der Waals surface area contributed by atoms with Gasteiger partial charge in [0, 0.05) is 58.0 Å². The summed E-state index contributed by atoms with van der Waals surface area (Å²) in [5.74, 6) is -0.0833. The molecule has 0 spiro atoms. The summed E-state index contributed by atoms with van der Waals surface area (Å²) >= 11 is 0. The lowest BCUT2D eigenvalue weighted by molar-refractivity contribution is -0.159. The van der Waals surface area contributed by atoms with Crippen LogP contribution in [0.25, 0.3) is 0 Å². The molecule has 0 aliphatic carbocycles. The molecule has 8 heteroatoms. The Labute approximate surface area is 211 Å². The molecule has 0 radical (unpaired) electrons. The molecule has 1 aromatic heterocycles. The number of imide groups is 2. The molecule has 2 saturated heterocycles. The zero-order chi connectivity index (χ0) is 25.8. The van der Waals surface area contributed by atoms with Crippen molar-refractivity contribution in [3.63, 3.8) is 0 Å². The van der Waals surface area contributed by atoms with E-state index in [2.05, 4.69) is 18.7 Å². The van der Waals surface area contributed by atoms with E-state index >= 15 is 0 Å². The second kappa shape index (κ2) is 9.00. The fourth-order valence-corrected chi connectivity index (χ4v) is 6.35. The average molecular weight is 491 g/mol. The summed E-state index contributed by atoms with van der Waals surface area (Å²) in [6.45, 7) is 6.50. The van der Waals surface area contributed by atoms with Gasteiger partial charge >= 0.3 is 6.03 Å². The minimum Gasteiger partial charge on any atom is -0.312 e. The van der Waals surface area contributed by atoms with Crippen LogP contribution in [0.15, 0.2) is 47.3 Å². The van der Waals surface area contributed by atoms with Crippen LogP contribution < -0.4 is 5.56 Å². The van der Waals surface area contributed by atoms with Crippen LogP contribution in [0.3, 0.4) is 0 Å². The number of nitrogens with zero attached hydrogens (tertiary/aromatic N) is 4. The van der Waals surface area contributed by atoms with E-state index in [0.717, 1.165) is 27.5 Å². The van der Waals surface area contributed by atoms with Crippen LogP contribution in [0.2, 0.25) is 0 Å². The van der Waals surface area contributed by atoms with Crippen molar-refractivity contribution in [2.24, 2.45) is 11.3 Å². The number of likely N-dealkylation sites (tertiary alicyclic amines) is 1. The lowest BCUT2D eigenvalue weighted by atomic mass is 9.75. The molecule has 4 heterocycles. The first-order chi connectivity index (χ1) is 17.1. The van der Waals surface area contributed by atoms with E-state index < -0.39 is 23.3 Å². The summed E-state index contributed by atoms with van der Waals surface area (Å²) in [5, 5.41) is 0. The number of amides is 4. The molecular weight excluding hydrogens is 456 g/mol. The van der Waals surface area contributed by atoms with Gasteiger partial charge in [-0.15, -0.1) is 0 Å². The highest BCUT2D eigenvalue weighted by atomic mass is 16.2. The Balaban J connectivity index is 1.49. The van der Waals surface area contributed by atoms with Gasteiger partial charge in [-0.2, -0.15) is 0 Å².